The van der Waals surface area contributed by atoms with Gasteiger partial charge in [-0.1, -0.05) is 37.6 Å². The number of hydrogen-bond donors (Lipinski definition) is 0. The van der Waals surface area contributed by atoms with Crippen molar-refractivity contribution in [3.63, 3.8) is 0 Å². The topological polar surface area (TPSA) is 0 Å². The van der Waals surface area contributed by atoms with Crippen LogP contribution in [0, 0.1) is 17.8 Å². The maximum atomic E-state index is 2.42. The van der Waals surface area contributed by atoms with Crippen LogP contribution < -0.4 is 0 Å². The molecule has 0 heteroatoms. The van der Waals surface area contributed by atoms with E-state index in [0.717, 1.165) is 17.8 Å². The maximum Gasteiger partial charge on any atom is -0.00223 e. The minimum Gasteiger partial charge on any atom is -0.0879 e. The number of unbranched alkanes of at least 4 members (excludes halogenated alkanes) is 1. The molecule has 0 aromatic rings. The molecule has 12 heavy (non-hydrogen) atoms. The summed E-state index contributed by atoms with van der Waals surface area (Å²) in [4.78, 5) is 0. The van der Waals surface area contributed by atoms with Crippen LogP contribution in [0.1, 0.15) is 32.6 Å². The van der Waals surface area contributed by atoms with Gasteiger partial charge in [0, 0.05) is 0 Å². The Balaban J connectivity index is 1.86. The second-order valence-corrected chi connectivity index (χ2v) is 4.12. The Bertz CT molecular complexity index is 200. The van der Waals surface area contributed by atoms with Gasteiger partial charge in [0.25, 0.3) is 0 Å². The minimum absolute atomic E-state index is 0.787. The molecule has 0 radical (unpaired) electrons. The van der Waals surface area contributed by atoms with E-state index in [4.69, 9.17) is 0 Å². The van der Waals surface area contributed by atoms with Crippen molar-refractivity contribution in [1.29, 1.82) is 0 Å². The summed E-state index contributed by atoms with van der Waals surface area (Å²) in [5.41, 5.74) is 0. The molecule has 0 N–H and O–H groups in total. The summed E-state index contributed by atoms with van der Waals surface area (Å²) >= 11 is 0. The molecule has 0 spiro atoms. The average molecular weight is 162 g/mol. The number of allylic oxidation sites excluding steroid dienone is 4. The summed E-state index contributed by atoms with van der Waals surface area (Å²) in [7, 11) is 0. The highest BCUT2D eigenvalue weighted by molar-refractivity contribution is 5.14. The SMILES string of the molecule is CCC/C=C/C1C=CC[C@H]2C[C@@H]12. The molecule has 0 saturated heterocycles. The van der Waals surface area contributed by atoms with Gasteiger partial charge < -0.3 is 0 Å². The third-order valence-corrected chi connectivity index (χ3v) is 3.08. The van der Waals surface area contributed by atoms with Crippen molar-refractivity contribution < 1.29 is 0 Å². The van der Waals surface area contributed by atoms with Gasteiger partial charge in [-0.3, -0.25) is 0 Å². The second-order valence-electron chi connectivity index (χ2n) is 4.12. The van der Waals surface area contributed by atoms with Gasteiger partial charge in [-0.05, 0) is 37.0 Å². The van der Waals surface area contributed by atoms with Crippen LogP contribution in [0.3, 0.4) is 0 Å². The molecule has 2 aliphatic carbocycles. The fourth-order valence-corrected chi connectivity index (χ4v) is 2.19. The van der Waals surface area contributed by atoms with Crippen molar-refractivity contribution in [2.75, 3.05) is 0 Å². The monoisotopic (exact) mass is 162 g/mol. The predicted octanol–water partition coefficient (Wildman–Crippen LogP) is 3.55. The Kier molecular flexibility index (Phi) is 2.34. The van der Waals surface area contributed by atoms with E-state index in [1.807, 2.05) is 0 Å². The molecule has 0 amide bonds. The van der Waals surface area contributed by atoms with E-state index in [-0.39, 0.29) is 0 Å². The third kappa shape index (κ3) is 1.63. The predicted molar refractivity (Wildman–Crippen MR) is 52.9 cm³/mol. The summed E-state index contributed by atoms with van der Waals surface area (Å²) in [5.74, 6) is 2.85. The summed E-state index contributed by atoms with van der Waals surface area (Å²) in [5, 5.41) is 0. The van der Waals surface area contributed by atoms with E-state index in [9.17, 15) is 0 Å². The van der Waals surface area contributed by atoms with E-state index in [1.54, 1.807) is 0 Å². The second kappa shape index (κ2) is 3.47. The molecular weight excluding hydrogens is 144 g/mol. The Morgan fingerprint density at radius 1 is 1.50 bits per heavy atom. The van der Waals surface area contributed by atoms with Gasteiger partial charge in [-0.15, -0.1) is 0 Å². The van der Waals surface area contributed by atoms with E-state index in [0.29, 0.717) is 0 Å². The smallest absolute Gasteiger partial charge is 0.00223 e. The lowest BCUT2D eigenvalue weighted by Gasteiger charge is -2.10. The molecule has 0 bridgehead atoms. The van der Waals surface area contributed by atoms with Crippen LogP contribution in [0.25, 0.3) is 0 Å². The zero-order valence-corrected chi connectivity index (χ0v) is 7.87. The fraction of sp³-hybridized carbons (Fsp3) is 0.667. The molecule has 1 saturated carbocycles. The summed E-state index contributed by atoms with van der Waals surface area (Å²) < 4.78 is 0. The molecule has 0 nitrogen and oxygen atoms in total. The third-order valence-electron chi connectivity index (χ3n) is 3.08. The Morgan fingerprint density at radius 3 is 3.25 bits per heavy atom. The molecule has 0 aliphatic heterocycles. The van der Waals surface area contributed by atoms with Crippen LogP contribution in [-0.4, -0.2) is 0 Å². The fourth-order valence-electron chi connectivity index (χ4n) is 2.19. The Labute approximate surface area is 75.4 Å². The molecule has 66 valence electrons. The van der Waals surface area contributed by atoms with Gasteiger partial charge >= 0.3 is 0 Å². The standard InChI is InChI=1S/C12H18/c1-2-3-4-6-10-7-5-8-11-9-12(10)11/h4-7,10-12H,2-3,8-9H2,1H3/b6-4+/t10?,11-,12-/m0/s1. The molecule has 3 atom stereocenters. The first-order chi connectivity index (χ1) is 5.92. The molecular formula is C12H18. The van der Waals surface area contributed by atoms with Gasteiger partial charge in [0.15, 0.2) is 0 Å². The average Bonchev–Trinajstić information content (AvgIpc) is 2.84. The molecule has 0 aromatic heterocycles. The highest BCUT2D eigenvalue weighted by Crippen LogP contribution is 2.50. The minimum atomic E-state index is 0.787. The number of rotatable bonds is 3. The zero-order chi connectivity index (χ0) is 8.39. The van der Waals surface area contributed by atoms with Crippen LogP contribution in [0.4, 0.5) is 0 Å². The molecule has 2 aliphatic rings. The van der Waals surface area contributed by atoms with E-state index in [1.165, 1.54) is 25.7 Å². The summed E-state index contributed by atoms with van der Waals surface area (Å²) in [6, 6.07) is 0. The van der Waals surface area contributed by atoms with E-state index >= 15 is 0 Å². The lowest BCUT2D eigenvalue weighted by molar-refractivity contribution is 0.590. The van der Waals surface area contributed by atoms with Gasteiger partial charge in [-0.2, -0.15) is 0 Å². The highest BCUT2D eigenvalue weighted by Gasteiger charge is 2.41. The van der Waals surface area contributed by atoms with Crippen LogP contribution in [0.2, 0.25) is 0 Å². The van der Waals surface area contributed by atoms with Gasteiger partial charge in [0.05, 0.1) is 0 Å². The molecule has 1 unspecified atom stereocenters. The summed E-state index contributed by atoms with van der Waals surface area (Å²) in [6.07, 6.45) is 14.9. The lowest BCUT2D eigenvalue weighted by Crippen LogP contribution is -2.00. The first-order valence-electron chi connectivity index (χ1n) is 5.25. The molecule has 1 fully saturated rings. The van der Waals surface area contributed by atoms with Crippen LogP contribution in [0.5, 0.6) is 0 Å². The normalized spacial score (nSPS) is 38.6. The Hall–Kier alpha value is -0.520. The van der Waals surface area contributed by atoms with Crippen molar-refractivity contribution in [2.24, 2.45) is 17.8 Å². The van der Waals surface area contributed by atoms with Crippen molar-refractivity contribution in [1.82, 2.24) is 0 Å². The van der Waals surface area contributed by atoms with Crippen molar-refractivity contribution in [3.05, 3.63) is 24.3 Å². The van der Waals surface area contributed by atoms with Gasteiger partial charge in [0.2, 0.25) is 0 Å². The largest absolute Gasteiger partial charge is 0.0879 e. The first kappa shape index (κ1) is 8.10. The summed E-state index contributed by atoms with van der Waals surface area (Å²) in [6.45, 7) is 2.24. The molecule has 2 rings (SSSR count). The number of hydrogen-bond acceptors (Lipinski definition) is 0. The van der Waals surface area contributed by atoms with Gasteiger partial charge in [0.1, 0.15) is 0 Å². The maximum absolute atomic E-state index is 2.42. The van der Waals surface area contributed by atoms with Crippen molar-refractivity contribution >= 4 is 0 Å². The van der Waals surface area contributed by atoms with Crippen LogP contribution in [0.15, 0.2) is 24.3 Å². The van der Waals surface area contributed by atoms with Crippen LogP contribution in [-0.2, 0) is 0 Å². The zero-order valence-electron chi connectivity index (χ0n) is 7.87. The van der Waals surface area contributed by atoms with Gasteiger partial charge in [-0.25, -0.2) is 0 Å². The first-order valence-corrected chi connectivity index (χ1v) is 5.25. The van der Waals surface area contributed by atoms with Crippen molar-refractivity contribution in [3.8, 4) is 0 Å². The quantitative estimate of drug-likeness (QED) is 0.557. The number of fused-ring (bicyclic) bond motifs is 1. The highest BCUT2D eigenvalue weighted by atomic mass is 14.5. The Morgan fingerprint density at radius 2 is 2.42 bits per heavy atom. The van der Waals surface area contributed by atoms with Crippen molar-refractivity contribution in [2.45, 2.75) is 32.6 Å². The van der Waals surface area contributed by atoms with E-state index < -0.39 is 0 Å². The molecule has 0 aromatic carbocycles. The molecule has 0 heterocycles. The van der Waals surface area contributed by atoms with Crippen LogP contribution >= 0.6 is 0 Å². The lowest BCUT2D eigenvalue weighted by atomic mass is 9.95. The van der Waals surface area contributed by atoms with E-state index in [2.05, 4.69) is 31.2 Å².